The molecule has 0 aliphatic rings. The summed E-state index contributed by atoms with van der Waals surface area (Å²) in [6.07, 6.45) is 2.54. The molecule has 0 saturated carbocycles. The predicted octanol–water partition coefficient (Wildman–Crippen LogP) is 4.05. The molecule has 0 aliphatic carbocycles. The van der Waals surface area contributed by atoms with E-state index in [9.17, 15) is 4.79 Å². The van der Waals surface area contributed by atoms with E-state index in [4.69, 9.17) is 0 Å². The number of aromatic nitrogens is 2. The minimum absolute atomic E-state index is 0.0752. The molecule has 1 N–H and O–H groups in total. The van der Waals surface area contributed by atoms with Crippen molar-refractivity contribution in [3.8, 4) is 0 Å². The van der Waals surface area contributed by atoms with Gasteiger partial charge in [0.2, 0.25) is 5.91 Å². The Hall–Kier alpha value is -1.84. The molecule has 20 heavy (non-hydrogen) atoms. The fourth-order valence-corrected chi connectivity index (χ4v) is 2.51. The third-order valence-corrected chi connectivity index (χ3v) is 3.42. The Kier molecular flexibility index (Phi) is 4.42. The fourth-order valence-electron chi connectivity index (χ4n) is 2.51. The van der Waals surface area contributed by atoms with Crippen molar-refractivity contribution in [3.63, 3.8) is 0 Å². The van der Waals surface area contributed by atoms with Crippen LogP contribution in [-0.4, -0.2) is 15.5 Å². The first kappa shape index (κ1) is 14.6. The van der Waals surface area contributed by atoms with Gasteiger partial charge in [0.15, 0.2) is 0 Å². The molecule has 4 nitrogen and oxygen atoms in total. The molecule has 1 heterocycles. The number of aryl methyl sites for hydroxylation is 1. The number of nitrogens with one attached hydrogen (secondary N) is 1. The van der Waals surface area contributed by atoms with Crippen molar-refractivity contribution in [3.05, 3.63) is 24.0 Å². The summed E-state index contributed by atoms with van der Waals surface area (Å²) in [7, 11) is 0. The molecule has 0 fully saturated rings. The Morgan fingerprint density at radius 2 is 2.15 bits per heavy atom. The minimum Gasteiger partial charge on any atom is -0.326 e. The van der Waals surface area contributed by atoms with Gasteiger partial charge in [0, 0.05) is 18.2 Å². The molecule has 1 amide bonds. The topological polar surface area (TPSA) is 46.9 Å². The summed E-state index contributed by atoms with van der Waals surface area (Å²) < 4.78 is 2.21. The Morgan fingerprint density at radius 3 is 2.80 bits per heavy atom. The highest BCUT2D eigenvalue weighted by Crippen LogP contribution is 2.23. The molecule has 4 heteroatoms. The lowest BCUT2D eigenvalue weighted by Gasteiger charge is -2.11. The number of anilines is 1. The number of fused-ring (bicyclic) bond motifs is 1. The van der Waals surface area contributed by atoms with Crippen LogP contribution in [0, 0.1) is 6.92 Å². The van der Waals surface area contributed by atoms with E-state index in [0.29, 0.717) is 12.5 Å². The van der Waals surface area contributed by atoms with Gasteiger partial charge in [-0.15, -0.1) is 0 Å². The Bertz CT molecular complexity index is 613. The second kappa shape index (κ2) is 6.07. The van der Waals surface area contributed by atoms with Crippen molar-refractivity contribution >= 4 is 22.6 Å². The largest absolute Gasteiger partial charge is 0.326 e. The molecule has 0 atom stereocenters. The molecular weight excluding hydrogens is 250 g/mol. The van der Waals surface area contributed by atoms with Gasteiger partial charge in [-0.3, -0.25) is 4.79 Å². The van der Waals surface area contributed by atoms with Gasteiger partial charge in [0.05, 0.1) is 11.0 Å². The van der Waals surface area contributed by atoms with Crippen molar-refractivity contribution in [1.82, 2.24) is 9.55 Å². The fraction of sp³-hybridized carbons (Fsp3) is 0.500. The summed E-state index contributed by atoms with van der Waals surface area (Å²) >= 11 is 0. The Morgan fingerprint density at radius 1 is 1.40 bits per heavy atom. The van der Waals surface area contributed by atoms with E-state index >= 15 is 0 Å². The highest BCUT2D eigenvalue weighted by molar-refractivity contribution is 5.93. The number of imidazole rings is 1. The molecule has 2 rings (SSSR count). The van der Waals surface area contributed by atoms with Crippen LogP contribution in [0.2, 0.25) is 0 Å². The summed E-state index contributed by atoms with van der Waals surface area (Å²) in [5.74, 6) is 1.08. The lowest BCUT2D eigenvalue weighted by Crippen LogP contribution is -2.10. The molecule has 0 saturated heterocycles. The monoisotopic (exact) mass is 273 g/mol. The van der Waals surface area contributed by atoms with E-state index in [2.05, 4.69) is 35.6 Å². The normalized spacial score (nSPS) is 11.2. The number of hydrogen-bond donors (Lipinski definition) is 1. The van der Waals surface area contributed by atoms with Crippen LogP contribution in [0.15, 0.2) is 18.2 Å². The molecule has 0 spiro atoms. The second-order valence-corrected chi connectivity index (χ2v) is 5.48. The number of benzene rings is 1. The second-order valence-electron chi connectivity index (χ2n) is 5.48. The average molecular weight is 273 g/mol. The van der Waals surface area contributed by atoms with Crippen LogP contribution in [0.1, 0.15) is 51.9 Å². The van der Waals surface area contributed by atoms with Gasteiger partial charge < -0.3 is 9.88 Å². The first-order valence-corrected chi connectivity index (χ1v) is 7.31. The van der Waals surface area contributed by atoms with Crippen molar-refractivity contribution in [2.24, 2.45) is 0 Å². The summed E-state index contributed by atoms with van der Waals surface area (Å²) in [6.45, 7) is 8.39. The van der Waals surface area contributed by atoms with Gasteiger partial charge in [-0.25, -0.2) is 4.98 Å². The van der Waals surface area contributed by atoms with Gasteiger partial charge in [0.25, 0.3) is 0 Å². The van der Waals surface area contributed by atoms with Gasteiger partial charge >= 0.3 is 0 Å². The van der Waals surface area contributed by atoms with E-state index in [0.717, 1.165) is 35.4 Å². The van der Waals surface area contributed by atoms with E-state index < -0.39 is 0 Å². The Balaban J connectivity index is 2.24. The van der Waals surface area contributed by atoms with Crippen LogP contribution < -0.4 is 5.32 Å². The highest BCUT2D eigenvalue weighted by Gasteiger charge is 2.11. The molecule has 0 bridgehead atoms. The molecule has 0 aliphatic heterocycles. The number of rotatable bonds is 5. The first-order chi connectivity index (χ1) is 9.52. The zero-order valence-electron chi connectivity index (χ0n) is 12.7. The molecule has 1 aromatic heterocycles. The first-order valence-electron chi connectivity index (χ1n) is 7.31. The zero-order chi connectivity index (χ0) is 14.7. The van der Waals surface area contributed by atoms with Crippen molar-refractivity contribution in [2.45, 2.75) is 53.0 Å². The summed E-state index contributed by atoms with van der Waals surface area (Å²) in [5, 5.41) is 2.94. The van der Waals surface area contributed by atoms with E-state index in [1.807, 2.05) is 25.1 Å². The van der Waals surface area contributed by atoms with Gasteiger partial charge in [-0.2, -0.15) is 0 Å². The van der Waals surface area contributed by atoms with Gasteiger partial charge in [-0.1, -0.05) is 13.3 Å². The number of amides is 1. The predicted molar refractivity (Wildman–Crippen MR) is 83.0 cm³/mol. The number of carbonyl (C=O) groups excluding carboxylic acids is 1. The molecule has 0 unspecified atom stereocenters. The number of unbranched alkanes of at least 4 members (excludes halogenated alkanes) is 1. The van der Waals surface area contributed by atoms with Crippen LogP contribution in [0.3, 0.4) is 0 Å². The number of nitrogens with zero attached hydrogens (tertiary/aromatic N) is 2. The lowest BCUT2D eigenvalue weighted by molar-refractivity contribution is -0.116. The van der Waals surface area contributed by atoms with Crippen molar-refractivity contribution in [1.29, 1.82) is 0 Å². The third kappa shape index (κ3) is 3.00. The molecule has 1 aromatic carbocycles. The van der Waals surface area contributed by atoms with E-state index in [1.54, 1.807) is 0 Å². The average Bonchev–Trinajstić information content (AvgIpc) is 2.71. The molecule has 108 valence electrons. The van der Waals surface area contributed by atoms with Crippen molar-refractivity contribution in [2.75, 3.05) is 5.32 Å². The third-order valence-electron chi connectivity index (χ3n) is 3.42. The number of hydrogen-bond acceptors (Lipinski definition) is 2. The van der Waals surface area contributed by atoms with Crippen LogP contribution >= 0.6 is 0 Å². The van der Waals surface area contributed by atoms with Crippen LogP contribution in [-0.2, 0) is 4.79 Å². The maximum absolute atomic E-state index is 11.8. The SMILES string of the molecule is CCCCC(=O)Nc1ccc2c(c1)nc(C)n2C(C)C. The highest BCUT2D eigenvalue weighted by atomic mass is 16.1. The van der Waals surface area contributed by atoms with E-state index in [-0.39, 0.29) is 5.91 Å². The van der Waals surface area contributed by atoms with E-state index in [1.165, 1.54) is 0 Å². The maximum Gasteiger partial charge on any atom is 0.224 e. The maximum atomic E-state index is 11.8. The zero-order valence-corrected chi connectivity index (χ0v) is 12.7. The van der Waals surface area contributed by atoms with Gasteiger partial charge in [-0.05, 0) is 45.4 Å². The molecular formula is C16H23N3O. The smallest absolute Gasteiger partial charge is 0.224 e. The Labute approximate surface area is 120 Å². The summed E-state index contributed by atoms with van der Waals surface area (Å²) in [6, 6.07) is 6.31. The van der Waals surface area contributed by atoms with Crippen molar-refractivity contribution < 1.29 is 4.79 Å². The molecule has 0 radical (unpaired) electrons. The summed E-state index contributed by atoms with van der Waals surface area (Å²) in [5.41, 5.74) is 2.88. The number of carbonyl (C=O) groups is 1. The standard InChI is InChI=1S/C16H23N3O/c1-5-6-7-16(20)18-13-8-9-15-14(10-13)17-12(4)19(15)11(2)3/h8-11H,5-7H2,1-4H3,(H,18,20). The van der Waals surface area contributed by atoms with Crippen LogP contribution in [0.25, 0.3) is 11.0 Å². The quantitative estimate of drug-likeness (QED) is 0.893. The van der Waals surface area contributed by atoms with Crippen LogP contribution in [0.4, 0.5) is 5.69 Å². The van der Waals surface area contributed by atoms with Crippen LogP contribution in [0.5, 0.6) is 0 Å². The minimum atomic E-state index is 0.0752. The lowest BCUT2D eigenvalue weighted by atomic mass is 10.2. The molecule has 2 aromatic rings. The van der Waals surface area contributed by atoms with Gasteiger partial charge in [0.1, 0.15) is 5.82 Å². The summed E-state index contributed by atoms with van der Waals surface area (Å²) in [4.78, 5) is 16.3.